The standard InChI is InChI=1S/C17H20N4O2/c22-17(15-9-14(20-21-15)12-5-6-18-10-12)19-13-3-4-16-11(8-13)2-1-7-23-16/h3-4,8-9,12,18H,1-2,5-7,10H2,(H,19,22)(H,20,21). The number of amides is 1. The monoisotopic (exact) mass is 312 g/mol. The Morgan fingerprint density at radius 3 is 3.17 bits per heavy atom. The van der Waals surface area contributed by atoms with Gasteiger partial charge in [0.2, 0.25) is 0 Å². The van der Waals surface area contributed by atoms with E-state index in [1.807, 2.05) is 24.3 Å². The highest BCUT2D eigenvalue weighted by atomic mass is 16.5. The van der Waals surface area contributed by atoms with Gasteiger partial charge in [0.15, 0.2) is 5.69 Å². The number of hydrogen-bond donors (Lipinski definition) is 3. The SMILES string of the molecule is O=C(Nc1ccc2c(c1)CCCO2)c1cc(C2CCNC2)[nH]n1. The maximum absolute atomic E-state index is 12.4. The van der Waals surface area contributed by atoms with Crippen molar-refractivity contribution >= 4 is 11.6 Å². The lowest BCUT2D eigenvalue weighted by molar-refractivity contribution is 0.102. The highest BCUT2D eigenvalue weighted by molar-refractivity contribution is 6.03. The summed E-state index contributed by atoms with van der Waals surface area (Å²) in [4.78, 5) is 12.4. The number of hydrogen-bond acceptors (Lipinski definition) is 4. The molecule has 0 aliphatic carbocycles. The first-order valence-corrected chi connectivity index (χ1v) is 8.13. The summed E-state index contributed by atoms with van der Waals surface area (Å²) in [5, 5.41) is 13.4. The van der Waals surface area contributed by atoms with Crippen LogP contribution >= 0.6 is 0 Å². The van der Waals surface area contributed by atoms with Crippen molar-refractivity contribution < 1.29 is 9.53 Å². The quantitative estimate of drug-likeness (QED) is 0.810. The van der Waals surface area contributed by atoms with Crippen LogP contribution in [0.25, 0.3) is 0 Å². The highest BCUT2D eigenvalue weighted by Gasteiger charge is 2.21. The van der Waals surface area contributed by atoms with Crippen LogP contribution in [0.1, 0.15) is 40.5 Å². The Morgan fingerprint density at radius 2 is 2.30 bits per heavy atom. The summed E-state index contributed by atoms with van der Waals surface area (Å²) in [6.45, 7) is 2.72. The van der Waals surface area contributed by atoms with Crippen LogP contribution in [0.2, 0.25) is 0 Å². The number of aryl methyl sites for hydroxylation is 1. The van der Waals surface area contributed by atoms with Crippen molar-refractivity contribution in [1.82, 2.24) is 15.5 Å². The van der Waals surface area contributed by atoms with E-state index in [9.17, 15) is 4.79 Å². The van der Waals surface area contributed by atoms with E-state index < -0.39 is 0 Å². The number of anilines is 1. The van der Waals surface area contributed by atoms with Gasteiger partial charge in [0.25, 0.3) is 5.91 Å². The summed E-state index contributed by atoms with van der Waals surface area (Å²) >= 11 is 0. The van der Waals surface area contributed by atoms with Crippen LogP contribution < -0.4 is 15.4 Å². The summed E-state index contributed by atoms with van der Waals surface area (Å²) in [6, 6.07) is 7.64. The lowest BCUT2D eigenvalue weighted by Gasteiger charge is -2.17. The zero-order valence-electron chi connectivity index (χ0n) is 12.9. The molecule has 1 amide bonds. The first kappa shape index (κ1) is 14.3. The summed E-state index contributed by atoms with van der Waals surface area (Å²) in [6.07, 6.45) is 3.08. The highest BCUT2D eigenvalue weighted by Crippen LogP contribution is 2.28. The van der Waals surface area contributed by atoms with Gasteiger partial charge in [0.1, 0.15) is 5.75 Å². The Hall–Kier alpha value is -2.34. The molecule has 1 unspecified atom stereocenters. The van der Waals surface area contributed by atoms with E-state index in [-0.39, 0.29) is 5.91 Å². The molecule has 2 aliphatic rings. The third kappa shape index (κ3) is 2.94. The first-order valence-electron chi connectivity index (χ1n) is 8.13. The predicted octanol–water partition coefficient (Wildman–Crippen LogP) is 2.06. The molecule has 0 saturated carbocycles. The Bertz CT molecular complexity index is 719. The van der Waals surface area contributed by atoms with E-state index in [1.54, 1.807) is 0 Å². The lowest BCUT2D eigenvalue weighted by Crippen LogP contribution is -2.14. The predicted molar refractivity (Wildman–Crippen MR) is 87.0 cm³/mol. The molecule has 4 rings (SSSR count). The fraction of sp³-hybridized carbons (Fsp3) is 0.412. The second-order valence-corrected chi connectivity index (χ2v) is 6.13. The molecule has 0 spiro atoms. The van der Waals surface area contributed by atoms with Gasteiger partial charge in [-0.05, 0) is 55.6 Å². The van der Waals surface area contributed by atoms with Gasteiger partial charge in [-0.2, -0.15) is 5.10 Å². The third-order valence-electron chi connectivity index (χ3n) is 4.50. The topological polar surface area (TPSA) is 79.0 Å². The second kappa shape index (κ2) is 6.04. The van der Waals surface area contributed by atoms with E-state index in [1.165, 1.54) is 0 Å². The molecule has 0 bridgehead atoms. The summed E-state index contributed by atoms with van der Waals surface area (Å²) in [5.41, 5.74) is 3.39. The van der Waals surface area contributed by atoms with E-state index in [0.29, 0.717) is 11.6 Å². The molecule has 6 heteroatoms. The Balaban J connectivity index is 1.47. The molecule has 120 valence electrons. The average molecular weight is 312 g/mol. The zero-order chi connectivity index (χ0) is 15.6. The maximum Gasteiger partial charge on any atom is 0.276 e. The summed E-state index contributed by atoms with van der Waals surface area (Å²) in [5.74, 6) is 1.16. The number of nitrogens with one attached hydrogen (secondary N) is 3. The average Bonchev–Trinajstić information content (AvgIpc) is 3.26. The van der Waals surface area contributed by atoms with E-state index in [2.05, 4.69) is 20.8 Å². The molecule has 3 N–H and O–H groups in total. The number of fused-ring (bicyclic) bond motifs is 1. The van der Waals surface area contributed by atoms with Crippen molar-refractivity contribution in [2.75, 3.05) is 25.0 Å². The molecule has 1 atom stereocenters. The van der Waals surface area contributed by atoms with Crippen molar-refractivity contribution in [2.45, 2.75) is 25.2 Å². The van der Waals surface area contributed by atoms with Gasteiger partial charge in [-0.3, -0.25) is 9.89 Å². The van der Waals surface area contributed by atoms with Gasteiger partial charge in [-0.25, -0.2) is 0 Å². The van der Waals surface area contributed by atoms with Gasteiger partial charge in [-0.15, -0.1) is 0 Å². The van der Waals surface area contributed by atoms with Crippen LogP contribution in [0.3, 0.4) is 0 Å². The van der Waals surface area contributed by atoms with Gasteiger partial charge in [0.05, 0.1) is 6.61 Å². The molecule has 1 fully saturated rings. The Kier molecular flexibility index (Phi) is 3.75. The first-order chi connectivity index (χ1) is 11.3. The minimum absolute atomic E-state index is 0.185. The van der Waals surface area contributed by atoms with E-state index in [4.69, 9.17) is 4.74 Å². The van der Waals surface area contributed by atoms with Crippen LogP contribution in [0.5, 0.6) is 5.75 Å². The molecule has 1 aromatic heterocycles. The number of rotatable bonds is 3. The number of carbonyl (C=O) groups is 1. The van der Waals surface area contributed by atoms with Crippen LogP contribution in [0, 0.1) is 0 Å². The van der Waals surface area contributed by atoms with E-state index >= 15 is 0 Å². The van der Waals surface area contributed by atoms with Crippen LogP contribution in [0.4, 0.5) is 5.69 Å². The second-order valence-electron chi connectivity index (χ2n) is 6.13. The number of benzene rings is 1. The van der Waals surface area contributed by atoms with E-state index in [0.717, 1.165) is 61.7 Å². The maximum atomic E-state index is 12.4. The van der Waals surface area contributed by atoms with Crippen molar-refractivity contribution in [3.05, 3.63) is 41.2 Å². The Labute approximate surface area is 134 Å². The largest absolute Gasteiger partial charge is 0.493 e. The summed E-state index contributed by atoms with van der Waals surface area (Å²) < 4.78 is 5.59. The van der Waals surface area contributed by atoms with Gasteiger partial charge >= 0.3 is 0 Å². The fourth-order valence-electron chi connectivity index (χ4n) is 3.22. The number of carbonyl (C=O) groups excluding carboxylic acids is 1. The smallest absolute Gasteiger partial charge is 0.276 e. The number of aromatic amines is 1. The lowest BCUT2D eigenvalue weighted by atomic mass is 10.0. The molecular formula is C17H20N4O2. The van der Waals surface area contributed by atoms with Gasteiger partial charge in [-0.1, -0.05) is 0 Å². The van der Waals surface area contributed by atoms with Crippen LogP contribution in [-0.2, 0) is 6.42 Å². The van der Waals surface area contributed by atoms with Crippen LogP contribution in [0.15, 0.2) is 24.3 Å². The van der Waals surface area contributed by atoms with Gasteiger partial charge in [0, 0.05) is 23.8 Å². The van der Waals surface area contributed by atoms with Gasteiger partial charge < -0.3 is 15.4 Å². The fourth-order valence-corrected chi connectivity index (χ4v) is 3.22. The molecule has 2 aliphatic heterocycles. The third-order valence-corrected chi connectivity index (χ3v) is 4.50. The zero-order valence-corrected chi connectivity index (χ0v) is 12.9. The molecule has 0 radical (unpaired) electrons. The van der Waals surface area contributed by atoms with Crippen molar-refractivity contribution in [2.24, 2.45) is 0 Å². The number of ether oxygens (including phenoxy) is 1. The molecule has 23 heavy (non-hydrogen) atoms. The van der Waals surface area contributed by atoms with Crippen LogP contribution in [-0.4, -0.2) is 35.8 Å². The van der Waals surface area contributed by atoms with Crippen molar-refractivity contribution in [3.63, 3.8) is 0 Å². The molecule has 2 aromatic rings. The minimum atomic E-state index is -0.185. The molecule has 3 heterocycles. The summed E-state index contributed by atoms with van der Waals surface area (Å²) in [7, 11) is 0. The number of aromatic nitrogens is 2. The molecule has 1 aromatic carbocycles. The Morgan fingerprint density at radius 1 is 1.35 bits per heavy atom. The molecule has 6 nitrogen and oxygen atoms in total. The molecule has 1 saturated heterocycles. The van der Waals surface area contributed by atoms with Crippen molar-refractivity contribution in [1.29, 1.82) is 0 Å². The van der Waals surface area contributed by atoms with Crippen molar-refractivity contribution in [3.8, 4) is 5.75 Å². The normalized spacial score (nSPS) is 19.9. The minimum Gasteiger partial charge on any atom is -0.493 e. The number of H-pyrrole nitrogens is 1. The molecular weight excluding hydrogens is 292 g/mol. The number of nitrogens with zero attached hydrogens (tertiary/aromatic N) is 1.